The van der Waals surface area contributed by atoms with Crippen LogP contribution < -0.4 is 160 Å². The number of carboxylic acids is 1. The van der Waals surface area contributed by atoms with Crippen LogP contribution in [0.1, 0.15) is 164 Å². The number of nitrogens with two attached hydrogens (primary N) is 15. The summed E-state index contributed by atoms with van der Waals surface area (Å²) >= 11 is 0. The first-order valence-corrected chi connectivity index (χ1v) is 39.3. The molecular formula is C69H133N35O16. The lowest BCUT2D eigenvalue weighted by atomic mass is 10.0. The van der Waals surface area contributed by atoms with Crippen molar-refractivity contribution in [1.29, 1.82) is 0 Å². The zero-order chi connectivity index (χ0) is 91.3. The Morgan fingerprint density at radius 2 is 0.375 bits per heavy atom. The van der Waals surface area contributed by atoms with E-state index >= 15 is 0 Å². The average molecular weight is 1710 g/mol. The van der Waals surface area contributed by atoms with Gasteiger partial charge in [0.15, 0.2) is 35.8 Å². The molecule has 0 aliphatic carbocycles. The molecule has 0 aliphatic rings. The number of hydrogen-bond donors (Lipinski definition) is 30. The third-order valence-corrected chi connectivity index (χ3v) is 17.5. The topological polar surface area (TPSA) is 909 Å². The van der Waals surface area contributed by atoms with E-state index in [0.29, 0.717) is 12.8 Å². The van der Waals surface area contributed by atoms with Gasteiger partial charge in [0.1, 0.15) is 84.6 Å². The fourth-order valence-electron chi connectivity index (χ4n) is 10.8. The van der Waals surface area contributed by atoms with Crippen LogP contribution in [0.25, 0.3) is 0 Å². The number of carboxylic acid groups (broad SMARTS) is 1. The second kappa shape index (κ2) is 59.2. The average Bonchev–Trinajstić information content (AvgIpc) is 0.860. The van der Waals surface area contributed by atoms with Crippen LogP contribution in [0, 0.1) is 0 Å². The molecule has 45 N–H and O–H groups in total. The molecule has 0 bridgehead atoms. The van der Waals surface area contributed by atoms with E-state index in [0.717, 1.165) is 0 Å². The highest BCUT2D eigenvalue weighted by Crippen LogP contribution is 2.13. The molecule has 0 aromatic rings. The van der Waals surface area contributed by atoms with Crippen molar-refractivity contribution in [2.24, 2.45) is 116 Å². The molecule has 0 heterocycles. The van der Waals surface area contributed by atoms with E-state index in [4.69, 9.17) is 86.0 Å². The van der Waals surface area contributed by atoms with Gasteiger partial charge in [-0.15, -0.1) is 0 Å². The summed E-state index contributed by atoms with van der Waals surface area (Å²) in [6.07, 6.45) is 0.0931. The second-order valence-corrected chi connectivity index (χ2v) is 28.3. The first-order valence-electron chi connectivity index (χ1n) is 39.3. The summed E-state index contributed by atoms with van der Waals surface area (Å²) in [6, 6.07) is -20.8. The summed E-state index contributed by atoms with van der Waals surface area (Å²) in [5.41, 5.74) is 84.2. The van der Waals surface area contributed by atoms with Gasteiger partial charge in [0.2, 0.25) is 82.7 Å². The maximum Gasteiger partial charge on any atom is 0.325 e. The molecule has 0 unspecified atom stereocenters. The summed E-state index contributed by atoms with van der Waals surface area (Å²) in [6.45, 7) is 9.05. The van der Waals surface area contributed by atoms with Gasteiger partial charge >= 0.3 is 5.97 Å². The van der Waals surface area contributed by atoms with Crippen LogP contribution in [-0.4, -0.2) is 273 Å². The van der Waals surface area contributed by atoms with Crippen molar-refractivity contribution in [3.8, 4) is 0 Å². The Morgan fingerprint density at radius 3 is 0.550 bits per heavy atom. The molecule has 0 saturated carbocycles. The SMILES string of the molecule is C[C@H](N)C(=O)N[C@@H](C)C(=O)N[C@@H](C)C(=O)N[C@@H](CCCN=C(N)N)C(=O)N[C@@H](CCCCN)C(=O)N[C@@H](CCCCN)C(=O)N[C@@H](CCCN=C(N)N)C(=O)N[C@@H](CCCN=C(N)N)C(=O)N[C@@H](C)C(=O)N[C@@H](CCCN=C(N)N)C(=O)N[C@@H](CCCN=C(N)N)C(=O)N[C@@H](CCCN=C(N)N)C(=O)N[C@@H](C)C(=O)N[C@@H](C)C(=O)N[C@@H](C)C(=O)O. The van der Waals surface area contributed by atoms with E-state index in [1.807, 2.05) is 0 Å². The molecule has 15 atom stereocenters. The Bertz CT molecular complexity index is 3520. The number of rotatable bonds is 61. The van der Waals surface area contributed by atoms with Crippen LogP contribution in [0.3, 0.4) is 0 Å². The zero-order valence-corrected chi connectivity index (χ0v) is 69.5. The van der Waals surface area contributed by atoms with Crippen LogP contribution in [0.5, 0.6) is 0 Å². The summed E-state index contributed by atoms with van der Waals surface area (Å²) in [5.74, 6) is -15.7. The van der Waals surface area contributed by atoms with Gasteiger partial charge in [-0.05, 0) is 177 Å². The van der Waals surface area contributed by atoms with E-state index in [-0.39, 0.29) is 191 Å². The van der Waals surface area contributed by atoms with Crippen molar-refractivity contribution in [2.75, 3.05) is 52.4 Å². The minimum absolute atomic E-state index is 0.00491. The summed E-state index contributed by atoms with van der Waals surface area (Å²) in [4.78, 5) is 231. The lowest BCUT2D eigenvalue weighted by Crippen LogP contribution is -2.60. The lowest BCUT2D eigenvalue weighted by Gasteiger charge is -2.28. The van der Waals surface area contributed by atoms with Crippen molar-refractivity contribution in [3.05, 3.63) is 0 Å². The number of carbonyl (C=O) groups is 15. The van der Waals surface area contributed by atoms with Gasteiger partial charge in [0.05, 0.1) is 6.04 Å². The molecule has 0 fully saturated rings. The van der Waals surface area contributed by atoms with Gasteiger partial charge < -0.3 is 166 Å². The highest BCUT2D eigenvalue weighted by Gasteiger charge is 2.37. The molecule has 51 heteroatoms. The summed E-state index contributed by atoms with van der Waals surface area (Å²) in [5, 5.41) is 44.7. The van der Waals surface area contributed by atoms with Crippen LogP contribution >= 0.6 is 0 Å². The number of nitrogens with zero attached hydrogens (tertiary/aromatic N) is 6. The monoisotopic (exact) mass is 1710 g/mol. The van der Waals surface area contributed by atoms with E-state index in [9.17, 15) is 77.0 Å². The Labute approximate surface area is 696 Å². The van der Waals surface area contributed by atoms with E-state index in [2.05, 4.69) is 104 Å². The molecular weight excluding hydrogens is 1570 g/mol. The van der Waals surface area contributed by atoms with Crippen LogP contribution in [-0.2, 0) is 71.9 Å². The molecule has 0 spiro atoms. The Hall–Kier alpha value is -12.4. The summed E-state index contributed by atoms with van der Waals surface area (Å²) < 4.78 is 0. The molecule has 0 aromatic heterocycles. The summed E-state index contributed by atoms with van der Waals surface area (Å²) in [7, 11) is 0. The molecule has 0 aromatic carbocycles. The van der Waals surface area contributed by atoms with Crippen LogP contribution in [0.2, 0.25) is 0 Å². The van der Waals surface area contributed by atoms with Crippen molar-refractivity contribution in [3.63, 3.8) is 0 Å². The minimum Gasteiger partial charge on any atom is -0.480 e. The number of aliphatic imine (C=N–C) groups is 6. The molecule has 0 aliphatic heterocycles. The quantitative estimate of drug-likeness (QED) is 0.0153. The molecule has 51 nitrogen and oxygen atoms in total. The smallest absolute Gasteiger partial charge is 0.325 e. The van der Waals surface area contributed by atoms with Crippen LogP contribution in [0.4, 0.5) is 0 Å². The van der Waals surface area contributed by atoms with E-state index in [1.165, 1.54) is 48.5 Å². The minimum atomic E-state index is -1.56. The number of hydrogen-bond acceptors (Lipinski definition) is 24. The fraction of sp³-hybridized carbons (Fsp3) is 0.696. The molecule has 680 valence electrons. The fourth-order valence-corrected chi connectivity index (χ4v) is 10.8. The zero-order valence-electron chi connectivity index (χ0n) is 69.5. The number of unbranched alkanes of at least 4 members (excludes halogenated alkanes) is 2. The predicted molar refractivity (Wildman–Crippen MR) is 448 cm³/mol. The molecule has 14 amide bonds. The normalized spacial score (nSPS) is 14.6. The first-order chi connectivity index (χ1) is 56.3. The largest absolute Gasteiger partial charge is 0.480 e. The van der Waals surface area contributed by atoms with Gasteiger partial charge in [-0.25, -0.2) is 0 Å². The highest BCUT2D eigenvalue weighted by atomic mass is 16.4. The van der Waals surface area contributed by atoms with Crippen molar-refractivity contribution in [1.82, 2.24) is 74.4 Å². The second-order valence-electron chi connectivity index (χ2n) is 28.3. The lowest BCUT2D eigenvalue weighted by molar-refractivity contribution is -0.141. The number of nitrogens with one attached hydrogen (secondary N) is 14. The van der Waals surface area contributed by atoms with Crippen LogP contribution in [0.15, 0.2) is 30.0 Å². The van der Waals surface area contributed by atoms with Crippen molar-refractivity contribution in [2.45, 2.75) is 255 Å². The van der Waals surface area contributed by atoms with Gasteiger partial charge in [-0.2, -0.15) is 0 Å². The Balaban J connectivity index is 7.60. The third-order valence-electron chi connectivity index (χ3n) is 17.5. The molecule has 0 rings (SSSR count). The van der Waals surface area contributed by atoms with E-state index in [1.54, 1.807) is 0 Å². The maximum absolute atomic E-state index is 14.8. The first kappa shape index (κ1) is 108. The van der Waals surface area contributed by atoms with E-state index < -0.39 is 179 Å². The van der Waals surface area contributed by atoms with Gasteiger partial charge in [-0.3, -0.25) is 102 Å². The Morgan fingerprint density at radius 1 is 0.225 bits per heavy atom. The number of guanidine groups is 6. The molecule has 0 saturated heterocycles. The van der Waals surface area contributed by atoms with Gasteiger partial charge in [0, 0.05) is 39.3 Å². The van der Waals surface area contributed by atoms with Crippen molar-refractivity contribution < 1.29 is 77.0 Å². The highest BCUT2D eigenvalue weighted by molar-refractivity contribution is 6.00. The van der Waals surface area contributed by atoms with Gasteiger partial charge in [-0.1, -0.05) is 0 Å². The number of carbonyl (C=O) groups excluding carboxylic acids is 14. The standard InChI is InChI=1S/C69H133N35O16/c1-34(72)49(105)91-35(2)50(106)93-38(5)53(109)97-45(22-14-30-87-66(77)78)59(115)100-41(18-8-10-26-70)57(113)99-42(19-9-11-27-71)58(114)103-47(24-16-32-89-68(81)82)61(117)102-44(21-13-29-86-65(75)76)56(112)95-39(6)54(110)98-46(23-15-31-88-67(79)80)60(116)104-48(25-17-33-90-69(83)84)62(118)101-43(20-12-28-85-64(73)74)55(111)94-37(4)51(107)92-36(3)52(108)96-40(7)63(119)120/h34-48H,8-33,70-72H2,1-7H3,(H,91,105)(H,92,107)(H,93,106)(H,94,111)(H,95,112)(H,96,108)(H,97,109)(H,98,110)(H,99,113)(H,100,115)(H,101,118)(H,102,117)(H,103,114)(H,104,116)(H,119,120)(H4,73,74,85)(H4,75,76,86)(H4,77,78,87)(H4,79,80,88)(H4,81,82,89)(H4,83,84,90)/t34-,35-,36-,37-,38-,39-,40-,41-,42-,43-,44-,45-,46-,47-,48-/m0/s1. The van der Waals surface area contributed by atoms with Crippen molar-refractivity contribution >= 4 is 124 Å². The number of amides is 14. The molecule has 0 radical (unpaired) electrons. The Kier molecular flexibility index (Phi) is 53.1. The third kappa shape index (κ3) is 47.7. The number of aliphatic carboxylic acids is 1. The maximum atomic E-state index is 14.8. The predicted octanol–water partition coefficient (Wildman–Crippen LogP) is -13.1. The van der Waals surface area contributed by atoms with Gasteiger partial charge in [0.25, 0.3) is 0 Å². The molecule has 120 heavy (non-hydrogen) atoms.